The zero-order chi connectivity index (χ0) is 32.7. The molecule has 0 aliphatic heterocycles. The number of carbonyl (C=O) groups is 1. The minimum atomic E-state index is -0.561. The molecule has 0 fully saturated rings. The normalized spacial score (nSPS) is 13.2. The molecule has 1 N–H and O–H groups in total. The van der Waals surface area contributed by atoms with E-state index in [1.54, 1.807) is 0 Å². The van der Waals surface area contributed by atoms with Crippen molar-refractivity contribution in [1.29, 1.82) is 0 Å². The van der Waals surface area contributed by atoms with Crippen LogP contribution in [0.2, 0.25) is 0 Å². The lowest BCUT2D eigenvalue weighted by atomic mass is 10.1. The van der Waals surface area contributed by atoms with Gasteiger partial charge in [0.2, 0.25) is 0 Å². The summed E-state index contributed by atoms with van der Waals surface area (Å²) in [4.78, 5) is 12.1. The van der Waals surface area contributed by atoms with E-state index >= 15 is 0 Å². The average Bonchev–Trinajstić information content (AvgIpc) is 3.05. The first kappa shape index (κ1) is 42.8. The van der Waals surface area contributed by atoms with Gasteiger partial charge in [-0.3, -0.25) is 4.79 Å². The Morgan fingerprint density at radius 2 is 1.00 bits per heavy atom. The van der Waals surface area contributed by atoms with Gasteiger partial charge in [-0.15, -0.1) is 0 Å². The quantitative estimate of drug-likeness (QED) is 0.0447. The summed E-state index contributed by atoms with van der Waals surface area (Å²) in [7, 11) is 0. The Morgan fingerprint density at radius 1 is 0.556 bits per heavy atom. The molecule has 0 aliphatic carbocycles. The minimum Gasteiger partial charge on any atom is -0.457 e. The molecular weight excluding hydrogens is 556 g/mol. The van der Waals surface area contributed by atoms with Crippen LogP contribution in [0.15, 0.2) is 72.9 Å². The summed E-state index contributed by atoms with van der Waals surface area (Å²) in [5.41, 5.74) is 0. The van der Waals surface area contributed by atoms with Crippen LogP contribution in [0.4, 0.5) is 0 Å². The summed E-state index contributed by atoms with van der Waals surface area (Å²) in [5.74, 6) is -0.246. The van der Waals surface area contributed by atoms with Crippen LogP contribution in [-0.4, -0.2) is 37.0 Å². The molecule has 1 atom stereocenters. The number of hydrogen-bond donors (Lipinski definition) is 1. The first-order valence-electron chi connectivity index (χ1n) is 18.5. The Balaban J connectivity index is 3.55. The second-order valence-electron chi connectivity index (χ2n) is 11.9. The Hall–Kier alpha value is -2.17. The molecule has 0 spiro atoms. The van der Waals surface area contributed by atoms with Gasteiger partial charge in [0, 0.05) is 13.0 Å². The van der Waals surface area contributed by atoms with Crippen molar-refractivity contribution in [2.45, 2.75) is 161 Å². The molecule has 0 bridgehead atoms. The third-order valence-corrected chi connectivity index (χ3v) is 7.52. The van der Waals surface area contributed by atoms with Crippen molar-refractivity contribution in [3.05, 3.63) is 72.9 Å². The summed E-state index contributed by atoms with van der Waals surface area (Å²) in [6.45, 7) is 5.13. The van der Waals surface area contributed by atoms with Crippen LogP contribution in [0.25, 0.3) is 0 Å². The monoisotopic (exact) mass is 627 g/mol. The number of ether oxygens (including phenoxy) is 2. The van der Waals surface area contributed by atoms with E-state index < -0.39 is 6.10 Å². The molecule has 0 saturated heterocycles. The fourth-order valence-electron chi connectivity index (χ4n) is 4.76. The largest absolute Gasteiger partial charge is 0.457 e. The lowest BCUT2D eigenvalue weighted by Crippen LogP contribution is -2.27. The van der Waals surface area contributed by atoms with Crippen LogP contribution in [0.1, 0.15) is 155 Å². The number of rotatable bonds is 33. The van der Waals surface area contributed by atoms with Gasteiger partial charge in [0.05, 0.1) is 13.2 Å². The van der Waals surface area contributed by atoms with Gasteiger partial charge in [0.1, 0.15) is 6.10 Å². The third kappa shape index (κ3) is 36.2. The zero-order valence-electron chi connectivity index (χ0n) is 29.4. The van der Waals surface area contributed by atoms with Gasteiger partial charge in [-0.1, -0.05) is 138 Å². The van der Waals surface area contributed by atoms with Crippen molar-refractivity contribution >= 4 is 5.97 Å². The van der Waals surface area contributed by atoms with Crippen molar-refractivity contribution in [2.24, 2.45) is 0 Å². The highest BCUT2D eigenvalue weighted by atomic mass is 16.6. The standard InChI is InChI=1S/C41H70O4/c1-3-5-7-9-11-13-15-17-19-20-21-23-25-27-29-31-33-35-37-44-39-40(38-42)45-41(43)36-34-32-30-28-26-24-22-18-16-14-12-10-8-6-4-2/h6,8,11-14,17-19,22,26,28,40,42H,3-5,7,9-10,15-16,20-21,23-25,27,29-39H2,1-2H3/b8-6-,13-11-,14-12-,19-17-,22-18-,28-26-. The predicted molar refractivity (Wildman–Crippen MR) is 196 cm³/mol. The van der Waals surface area contributed by atoms with Gasteiger partial charge in [-0.05, 0) is 83.5 Å². The SMILES string of the molecule is CC/C=C\C/C=C\C/C=C\C/C=C\CCCCC(=O)OC(CO)COCCCCCCCCCC/C=C\C/C=C\CCCCC. The third-order valence-electron chi connectivity index (χ3n) is 7.52. The molecule has 45 heavy (non-hydrogen) atoms. The Labute approximate surface area is 278 Å². The number of unbranched alkanes of at least 4 members (excludes halogenated alkanes) is 13. The molecule has 0 rings (SSSR count). The second-order valence-corrected chi connectivity index (χ2v) is 11.9. The molecule has 1 unspecified atom stereocenters. The van der Waals surface area contributed by atoms with E-state index in [0.717, 1.165) is 64.2 Å². The van der Waals surface area contributed by atoms with E-state index in [1.807, 2.05) is 0 Å². The molecule has 0 aromatic carbocycles. The molecule has 4 heteroatoms. The molecule has 0 amide bonds. The van der Waals surface area contributed by atoms with E-state index in [4.69, 9.17) is 9.47 Å². The maximum absolute atomic E-state index is 12.1. The molecule has 0 saturated carbocycles. The van der Waals surface area contributed by atoms with Crippen LogP contribution in [0.5, 0.6) is 0 Å². The van der Waals surface area contributed by atoms with E-state index in [1.165, 1.54) is 70.6 Å². The van der Waals surface area contributed by atoms with Crippen LogP contribution >= 0.6 is 0 Å². The number of esters is 1. The van der Waals surface area contributed by atoms with Crippen LogP contribution in [-0.2, 0) is 14.3 Å². The van der Waals surface area contributed by atoms with Gasteiger partial charge in [-0.2, -0.15) is 0 Å². The Bertz CT molecular complexity index is 789. The van der Waals surface area contributed by atoms with Gasteiger partial charge in [0.25, 0.3) is 0 Å². The molecule has 0 aromatic heterocycles. The fourth-order valence-corrected chi connectivity index (χ4v) is 4.76. The van der Waals surface area contributed by atoms with Gasteiger partial charge < -0.3 is 14.6 Å². The maximum Gasteiger partial charge on any atom is 0.306 e. The first-order valence-corrected chi connectivity index (χ1v) is 18.5. The molecule has 0 heterocycles. The molecule has 0 aromatic rings. The molecule has 0 radical (unpaired) electrons. The average molecular weight is 627 g/mol. The van der Waals surface area contributed by atoms with Crippen molar-refractivity contribution in [3.63, 3.8) is 0 Å². The molecule has 0 aliphatic rings. The minimum absolute atomic E-state index is 0.195. The molecule has 4 nitrogen and oxygen atoms in total. The summed E-state index contributed by atoms with van der Waals surface area (Å²) in [5, 5.41) is 9.55. The number of aliphatic hydroxyl groups excluding tert-OH is 1. The van der Waals surface area contributed by atoms with Gasteiger partial charge in [0.15, 0.2) is 0 Å². The Kier molecular flexibility index (Phi) is 36.2. The van der Waals surface area contributed by atoms with Crippen LogP contribution < -0.4 is 0 Å². The summed E-state index contributed by atoms with van der Waals surface area (Å²) >= 11 is 0. The second kappa shape index (κ2) is 38.0. The number of allylic oxidation sites excluding steroid dienone is 12. The van der Waals surface area contributed by atoms with E-state index in [2.05, 4.69) is 86.8 Å². The van der Waals surface area contributed by atoms with Crippen molar-refractivity contribution in [3.8, 4) is 0 Å². The molecule has 258 valence electrons. The lowest BCUT2D eigenvalue weighted by Gasteiger charge is -2.15. The number of aliphatic hydroxyl groups is 1. The number of carbonyl (C=O) groups excluding carboxylic acids is 1. The number of hydrogen-bond acceptors (Lipinski definition) is 4. The van der Waals surface area contributed by atoms with Gasteiger partial charge >= 0.3 is 5.97 Å². The summed E-state index contributed by atoms with van der Waals surface area (Å²) < 4.78 is 11.1. The first-order chi connectivity index (χ1) is 22.2. The van der Waals surface area contributed by atoms with Crippen molar-refractivity contribution < 1.29 is 19.4 Å². The van der Waals surface area contributed by atoms with Crippen LogP contribution in [0, 0.1) is 0 Å². The van der Waals surface area contributed by atoms with Crippen molar-refractivity contribution in [1.82, 2.24) is 0 Å². The maximum atomic E-state index is 12.1. The van der Waals surface area contributed by atoms with E-state index in [9.17, 15) is 9.90 Å². The highest BCUT2D eigenvalue weighted by Crippen LogP contribution is 2.11. The predicted octanol–water partition coefficient (Wildman–Crippen LogP) is 11.9. The zero-order valence-corrected chi connectivity index (χ0v) is 29.4. The summed E-state index contributed by atoms with van der Waals surface area (Å²) in [6, 6.07) is 0. The van der Waals surface area contributed by atoms with Crippen LogP contribution in [0.3, 0.4) is 0 Å². The molecular formula is C41H70O4. The smallest absolute Gasteiger partial charge is 0.306 e. The Morgan fingerprint density at radius 3 is 1.51 bits per heavy atom. The van der Waals surface area contributed by atoms with E-state index in [0.29, 0.717) is 13.0 Å². The lowest BCUT2D eigenvalue weighted by molar-refractivity contribution is -0.154. The highest BCUT2D eigenvalue weighted by molar-refractivity contribution is 5.69. The van der Waals surface area contributed by atoms with Crippen molar-refractivity contribution in [2.75, 3.05) is 19.8 Å². The fraction of sp³-hybridized carbons (Fsp3) is 0.683. The van der Waals surface area contributed by atoms with E-state index in [-0.39, 0.29) is 19.2 Å². The van der Waals surface area contributed by atoms with Gasteiger partial charge in [-0.25, -0.2) is 0 Å². The topological polar surface area (TPSA) is 55.8 Å². The highest BCUT2D eigenvalue weighted by Gasteiger charge is 2.13. The summed E-state index contributed by atoms with van der Waals surface area (Å²) in [6.07, 6.45) is 50.9.